The second-order valence-electron chi connectivity index (χ2n) is 5.40. The van der Waals surface area contributed by atoms with E-state index in [1.54, 1.807) is 12.1 Å². The molecule has 2 rings (SSSR count). The van der Waals surface area contributed by atoms with Gasteiger partial charge >= 0.3 is 0 Å². The largest absolute Gasteiger partial charge is 0.419 e. The van der Waals surface area contributed by atoms with Crippen LogP contribution in [0.3, 0.4) is 0 Å². The summed E-state index contributed by atoms with van der Waals surface area (Å²) in [6.07, 6.45) is 1.98. The van der Waals surface area contributed by atoms with Crippen molar-refractivity contribution in [2.75, 3.05) is 26.0 Å². The van der Waals surface area contributed by atoms with Crippen LogP contribution in [-0.4, -0.2) is 38.3 Å². The van der Waals surface area contributed by atoms with E-state index in [0.717, 1.165) is 17.1 Å². The van der Waals surface area contributed by atoms with E-state index in [0.29, 0.717) is 18.0 Å². The van der Waals surface area contributed by atoms with Crippen LogP contribution in [0.4, 0.5) is 5.88 Å². The van der Waals surface area contributed by atoms with E-state index in [1.807, 2.05) is 6.07 Å². The number of rotatable bonds is 7. The molecule has 0 saturated carbocycles. The van der Waals surface area contributed by atoms with Crippen LogP contribution in [-0.2, 0) is 10.0 Å². The Labute approximate surface area is 142 Å². The average Bonchev–Trinajstić information content (AvgIpc) is 2.98. The molecule has 128 valence electrons. The lowest BCUT2D eigenvalue weighted by atomic mass is 10.2. The number of anilines is 1. The van der Waals surface area contributed by atoms with E-state index in [1.165, 1.54) is 26.2 Å². The molecule has 0 atom stereocenters. The third-order valence-corrected chi connectivity index (χ3v) is 5.26. The second-order valence-corrected chi connectivity index (χ2v) is 7.55. The highest BCUT2D eigenvalue weighted by Gasteiger charge is 2.18. The van der Waals surface area contributed by atoms with Gasteiger partial charge in [0, 0.05) is 26.2 Å². The SMILES string of the molecule is CCCCNc1oc(-c2ccc(S(=O)(=O)N(C)C)cc2)nc1C#N. The molecule has 0 saturated heterocycles. The molecule has 0 bridgehead atoms. The number of unbranched alkanes of at least 4 members (excludes halogenated alkanes) is 1. The van der Waals surface area contributed by atoms with Gasteiger partial charge in [0.1, 0.15) is 6.07 Å². The van der Waals surface area contributed by atoms with Gasteiger partial charge in [-0.05, 0) is 30.7 Å². The highest BCUT2D eigenvalue weighted by molar-refractivity contribution is 7.89. The predicted octanol–water partition coefficient (Wildman–Crippen LogP) is 2.68. The molecule has 0 fully saturated rings. The Hall–Kier alpha value is -2.37. The summed E-state index contributed by atoms with van der Waals surface area (Å²) in [6.45, 7) is 2.77. The normalized spacial score (nSPS) is 11.5. The van der Waals surface area contributed by atoms with E-state index < -0.39 is 10.0 Å². The van der Waals surface area contributed by atoms with Crippen molar-refractivity contribution in [1.29, 1.82) is 5.26 Å². The summed E-state index contributed by atoms with van der Waals surface area (Å²) in [7, 11) is -0.527. The number of benzene rings is 1. The summed E-state index contributed by atoms with van der Waals surface area (Å²) >= 11 is 0. The molecule has 0 radical (unpaired) electrons. The Bertz CT molecular complexity index is 833. The van der Waals surface area contributed by atoms with Crippen LogP contribution in [0, 0.1) is 11.3 Å². The topological polar surface area (TPSA) is 99.2 Å². The highest BCUT2D eigenvalue weighted by atomic mass is 32.2. The Morgan fingerprint density at radius 3 is 2.50 bits per heavy atom. The van der Waals surface area contributed by atoms with Crippen LogP contribution >= 0.6 is 0 Å². The summed E-state index contributed by atoms with van der Waals surface area (Å²) in [6, 6.07) is 8.20. The van der Waals surface area contributed by atoms with Crippen LogP contribution in [0.2, 0.25) is 0 Å². The maximum absolute atomic E-state index is 12.1. The molecule has 0 unspecified atom stereocenters. The van der Waals surface area contributed by atoms with Gasteiger partial charge in [0.2, 0.25) is 27.5 Å². The lowest BCUT2D eigenvalue weighted by Crippen LogP contribution is -2.22. The number of oxazole rings is 1. The number of nitrogens with zero attached hydrogens (tertiary/aromatic N) is 3. The van der Waals surface area contributed by atoms with Gasteiger partial charge in [-0.15, -0.1) is 0 Å². The van der Waals surface area contributed by atoms with Gasteiger partial charge in [0.25, 0.3) is 0 Å². The molecule has 0 spiro atoms. The molecule has 0 aliphatic rings. The minimum Gasteiger partial charge on any atom is -0.419 e. The monoisotopic (exact) mass is 348 g/mol. The Morgan fingerprint density at radius 1 is 1.29 bits per heavy atom. The van der Waals surface area contributed by atoms with Crippen molar-refractivity contribution >= 4 is 15.9 Å². The van der Waals surface area contributed by atoms with Crippen molar-refractivity contribution in [3.8, 4) is 17.5 Å². The van der Waals surface area contributed by atoms with Gasteiger partial charge in [0.15, 0.2) is 0 Å². The summed E-state index contributed by atoms with van der Waals surface area (Å²) in [4.78, 5) is 4.34. The lowest BCUT2D eigenvalue weighted by Gasteiger charge is -2.11. The first-order valence-electron chi connectivity index (χ1n) is 7.58. The molecule has 1 heterocycles. The molecular weight excluding hydrogens is 328 g/mol. The molecule has 0 aliphatic carbocycles. The minimum atomic E-state index is -3.48. The Balaban J connectivity index is 2.28. The molecule has 1 N–H and O–H groups in total. The van der Waals surface area contributed by atoms with Crippen LogP contribution in [0.15, 0.2) is 33.6 Å². The van der Waals surface area contributed by atoms with E-state index in [-0.39, 0.29) is 16.5 Å². The van der Waals surface area contributed by atoms with Gasteiger partial charge < -0.3 is 9.73 Å². The van der Waals surface area contributed by atoms with Crippen molar-refractivity contribution < 1.29 is 12.8 Å². The van der Waals surface area contributed by atoms with Crippen LogP contribution in [0.1, 0.15) is 25.5 Å². The fraction of sp³-hybridized carbons (Fsp3) is 0.375. The molecule has 8 heteroatoms. The number of nitriles is 1. The molecule has 7 nitrogen and oxygen atoms in total. The maximum Gasteiger partial charge on any atom is 0.242 e. The van der Waals surface area contributed by atoms with Crippen LogP contribution in [0.25, 0.3) is 11.5 Å². The van der Waals surface area contributed by atoms with Gasteiger partial charge in [0.05, 0.1) is 4.90 Å². The van der Waals surface area contributed by atoms with Crippen molar-refractivity contribution in [3.05, 3.63) is 30.0 Å². The predicted molar refractivity (Wildman–Crippen MR) is 90.9 cm³/mol. The first kappa shape index (κ1) is 18.0. The zero-order chi connectivity index (χ0) is 17.7. The van der Waals surface area contributed by atoms with Crippen LogP contribution < -0.4 is 5.32 Å². The Kier molecular flexibility index (Phi) is 5.59. The van der Waals surface area contributed by atoms with E-state index in [2.05, 4.69) is 17.2 Å². The minimum absolute atomic E-state index is 0.185. The molecule has 0 amide bonds. The number of sulfonamides is 1. The molecule has 1 aromatic carbocycles. The van der Waals surface area contributed by atoms with Gasteiger partial charge in [-0.3, -0.25) is 0 Å². The van der Waals surface area contributed by atoms with Crippen LogP contribution in [0.5, 0.6) is 0 Å². The molecule has 2 aromatic rings. The molecule has 24 heavy (non-hydrogen) atoms. The second kappa shape index (κ2) is 7.47. The fourth-order valence-corrected chi connectivity index (χ4v) is 2.90. The lowest BCUT2D eigenvalue weighted by molar-refractivity contribution is 0.520. The van der Waals surface area contributed by atoms with Gasteiger partial charge in [-0.2, -0.15) is 10.2 Å². The number of nitrogens with one attached hydrogen (secondary N) is 1. The quantitative estimate of drug-likeness (QED) is 0.772. The highest BCUT2D eigenvalue weighted by Crippen LogP contribution is 2.26. The van der Waals surface area contributed by atoms with E-state index in [4.69, 9.17) is 9.68 Å². The van der Waals surface area contributed by atoms with E-state index in [9.17, 15) is 8.42 Å². The number of hydrogen-bond acceptors (Lipinski definition) is 6. The van der Waals surface area contributed by atoms with Crippen molar-refractivity contribution in [2.45, 2.75) is 24.7 Å². The zero-order valence-corrected chi connectivity index (χ0v) is 14.7. The van der Waals surface area contributed by atoms with Crippen molar-refractivity contribution in [3.63, 3.8) is 0 Å². The first-order chi connectivity index (χ1) is 11.4. The zero-order valence-electron chi connectivity index (χ0n) is 13.9. The molecule has 1 aromatic heterocycles. The van der Waals surface area contributed by atoms with Crippen molar-refractivity contribution in [1.82, 2.24) is 9.29 Å². The van der Waals surface area contributed by atoms with Gasteiger partial charge in [-0.1, -0.05) is 13.3 Å². The summed E-state index contributed by atoms with van der Waals surface area (Å²) < 4.78 is 30.9. The fourth-order valence-electron chi connectivity index (χ4n) is 2.00. The van der Waals surface area contributed by atoms with Crippen molar-refractivity contribution in [2.24, 2.45) is 0 Å². The summed E-state index contributed by atoms with van der Waals surface area (Å²) in [5.74, 6) is 0.616. The summed E-state index contributed by atoms with van der Waals surface area (Å²) in [5.41, 5.74) is 0.791. The number of aromatic nitrogens is 1. The van der Waals surface area contributed by atoms with Gasteiger partial charge in [-0.25, -0.2) is 12.7 Å². The third-order valence-electron chi connectivity index (χ3n) is 3.43. The number of hydrogen-bond donors (Lipinski definition) is 1. The molecular formula is C16H20N4O3S. The maximum atomic E-state index is 12.1. The Morgan fingerprint density at radius 2 is 1.96 bits per heavy atom. The average molecular weight is 348 g/mol. The van der Waals surface area contributed by atoms with E-state index >= 15 is 0 Å². The summed E-state index contributed by atoms with van der Waals surface area (Å²) in [5, 5.41) is 12.2. The third kappa shape index (κ3) is 3.75. The molecule has 0 aliphatic heterocycles. The smallest absolute Gasteiger partial charge is 0.242 e. The first-order valence-corrected chi connectivity index (χ1v) is 9.02. The standard InChI is InChI=1S/C16H20N4O3S/c1-4-5-10-18-16-14(11-17)19-15(23-16)12-6-8-13(9-7-12)24(21,22)20(2)3/h6-9,18H,4-5,10H2,1-3H3.